The SMILES string of the molecule is CC(C(=O)Nc1ccccc1C(N)=S)N(C)C1CCOC1. The lowest BCUT2D eigenvalue weighted by atomic mass is 10.1. The van der Waals surface area contributed by atoms with E-state index in [0.717, 1.165) is 13.0 Å². The number of nitrogens with two attached hydrogens (primary N) is 1. The quantitative estimate of drug-likeness (QED) is 0.804. The molecule has 0 radical (unpaired) electrons. The van der Waals surface area contributed by atoms with Crippen molar-refractivity contribution in [1.29, 1.82) is 0 Å². The Morgan fingerprint density at radius 3 is 2.86 bits per heavy atom. The summed E-state index contributed by atoms with van der Waals surface area (Å²) in [6.07, 6.45) is 0.956. The van der Waals surface area contributed by atoms with Gasteiger partial charge in [0.2, 0.25) is 5.91 Å². The summed E-state index contributed by atoms with van der Waals surface area (Å²) in [6.45, 7) is 3.32. The van der Waals surface area contributed by atoms with Crippen molar-refractivity contribution in [3.8, 4) is 0 Å². The van der Waals surface area contributed by atoms with Gasteiger partial charge in [-0.05, 0) is 32.5 Å². The van der Waals surface area contributed by atoms with Gasteiger partial charge in [0.1, 0.15) is 4.99 Å². The zero-order chi connectivity index (χ0) is 15.4. The Labute approximate surface area is 130 Å². The number of benzene rings is 1. The highest BCUT2D eigenvalue weighted by Crippen LogP contribution is 2.18. The molecule has 21 heavy (non-hydrogen) atoms. The Hall–Kier alpha value is -1.50. The van der Waals surface area contributed by atoms with Crippen LogP contribution in [-0.4, -0.2) is 48.1 Å². The predicted octanol–water partition coefficient (Wildman–Crippen LogP) is 1.37. The number of anilines is 1. The number of ether oxygens (including phenoxy) is 1. The third-order valence-electron chi connectivity index (χ3n) is 3.92. The van der Waals surface area contributed by atoms with Crippen molar-refractivity contribution < 1.29 is 9.53 Å². The zero-order valence-electron chi connectivity index (χ0n) is 12.3. The van der Waals surface area contributed by atoms with E-state index in [2.05, 4.69) is 5.32 Å². The summed E-state index contributed by atoms with van der Waals surface area (Å²) >= 11 is 5.01. The van der Waals surface area contributed by atoms with Crippen molar-refractivity contribution >= 4 is 28.8 Å². The van der Waals surface area contributed by atoms with Crippen LogP contribution >= 0.6 is 12.2 Å². The van der Waals surface area contributed by atoms with Gasteiger partial charge in [-0.15, -0.1) is 0 Å². The van der Waals surface area contributed by atoms with Crippen molar-refractivity contribution in [3.05, 3.63) is 29.8 Å². The highest BCUT2D eigenvalue weighted by Gasteiger charge is 2.28. The van der Waals surface area contributed by atoms with E-state index in [0.29, 0.717) is 17.9 Å². The maximum Gasteiger partial charge on any atom is 0.241 e. The predicted molar refractivity (Wildman–Crippen MR) is 87.4 cm³/mol. The van der Waals surface area contributed by atoms with E-state index in [9.17, 15) is 4.79 Å². The Morgan fingerprint density at radius 2 is 2.24 bits per heavy atom. The lowest BCUT2D eigenvalue weighted by Crippen LogP contribution is -2.45. The summed E-state index contributed by atoms with van der Waals surface area (Å²) < 4.78 is 5.37. The number of carbonyl (C=O) groups is 1. The van der Waals surface area contributed by atoms with Gasteiger partial charge < -0.3 is 15.8 Å². The van der Waals surface area contributed by atoms with Crippen molar-refractivity contribution in [3.63, 3.8) is 0 Å². The molecule has 1 aromatic carbocycles. The van der Waals surface area contributed by atoms with Gasteiger partial charge in [0.05, 0.1) is 18.3 Å². The van der Waals surface area contributed by atoms with Crippen molar-refractivity contribution in [2.45, 2.75) is 25.4 Å². The van der Waals surface area contributed by atoms with Gasteiger partial charge in [-0.3, -0.25) is 9.69 Å². The molecule has 5 nitrogen and oxygen atoms in total. The van der Waals surface area contributed by atoms with Gasteiger partial charge in [-0.2, -0.15) is 0 Å². The molecule has 2 atom stereocenters. The molecular weight excluding hydrogens is 286 g/mol. The highest BCUT2D eigenvalue weighted by molar-refractivity contribution is 7.80. The summed E-state index contributed by atoms with van der Waals surface area (Å²) in [6, 6.07) is 7.33. The molecule has 0 spiro atoms. The van der Waals surface area contributed by atoms with E-state index in [1.807, 2.05) is 31.0 Å². The fraction of sp³-hybridized carbons (Fsp3) is 0.467. The number of para-hydroxylation sites is 1. The van der Waals surface area contributed by atoms with Crippen LogP contribution in [0, 0.1) is 0 Å². The molecule has 1 aliphatic rings. The minimum atomic E-state index is -0.254. The van der Waals surface area contributed by atoms with Crippen LogP contribution in [0.25, 0.3) is 0 Å². The lowest BCUT2D eigenvalue weighted by molar-refractivity contribution is -0.121. The number of nitrogens with one attached hydrogen (secondary N) is 1. The average molecular weight is 307 g/mol. The summed E-state index contributed by atoms with van der Waals surface area (Å²) in [5, 5.41) is 2.91. The lowest BCUT2D eigenvalue weighted by Gasteiger charge is -2.28. The summed E-state index contributed by atoms with van der Waals surface area (Å²) in [5.41, 5.74) is 7.01. The van der Waals surface area contributed by atoms with E-state index >= 15 is 0 Å². The summed E-state index contributed by atoms with van der Waals surface area (Å²) in [5.74, 6) is -0.0758. The van der Waals surface area contributed by atoms with Crippen LogP contribution in [-0.2, 0) is 9.53 Å². The van der Waals surface area contributed by atoms with Crippen molar-refractivity contribution in [2.24, 2.45) is 5.73 Å². The molecule has 1 aliphatic heterocycles. The smallest absolute Gasteiger partial charge is 0.241 e. The molecule has 1 aromatic rings. The maximum atomic E-state index is 12.4. The second-order valence-electron chi connectivity index (χ2n) is 5.26. The Morgan fingerprint density at radius 1 is 1.52 bits per heavy atom. The second kappa shape index (κ2) is 6.98. The largest absolute Gasteiger partial charge is 0.389 e. The highest BCUT2D eigenvalue weighted by atomic mass is 32.1. The molecule has 1 saturated heterocycles. The summed E-state index contributed by atoms with van der Waals surface area (Å²) in [7, 11) is 1.95. The molecule has 2 rings (SSSR count). The first-order valence-electron chi connectivity index (χ1n) is 7.00. The van der Waals surface area contributed by atoms with Crippen LogP contribution in [0.15, 0.2) is 24.3 Å². The fourth-order valence-corrected chi connectivity index (χ4v) is 2.57. The zero-order valence-corrected chi connectivity index (χ0v) is 13.2. The van der Waals surface area contributed by atoms with Crippen LogP contribution in [0.1, 0.15) is 18.9 Å². The Bertz CT molecular complexity index is 529. The first-order valence-corrected chi connectivity index (χ1v) is 7.41. The Balaban J connectivity index is 2.05. The molecule has 3 N–H and O–H groups in total. The van der Waals surface area contributed by atoms with Crippen LogP contribution < -0.4 is 11.1 Å². The number of hydrogen-bond acceptors (Lipinski definition) is 4. The van der Waals surface area contributed by atoms with Crippen molar-refractivity contribution in [1.82, 2.24) is 4.90 Å². The van der Waals surface area contributed by atoms with E-state index in [1.54, 1.807) is 12.1 Å². The van der Waals surface area contributed by atoms with Crippen LogP contribution in [0.4, 0.5) is 5.69 Å². The molecule has 0 aliphatic carbocycles. The monoisotopic (exact) mass is 307 g/mol. The molecule has 1 heterocycles. The molecule has 2 unspecified atom stereocenters. The minimum Gasteiger partial charge on any atom is -0.389 e. The number of likely N-dealkylation sites (N-methyl/N-ethyl adjacent to an activating group) is 1. The van der Waals surface area contributed by atoms with E-state index in [4.69, 9.17) is 22.7 Å². The third-order valence-corrected chi connectivity index (χ3v) is 4.14. The van der Waals surface area contributed by atoms with E-state index < -0.39 is 0 Å². The van der Waals surface area contributed by atoms with Gasteiger partial charge in [0.15, 0.2) is 0 Å². The van der Waals surface area contributed by atoms with Gasteiger partial charge in [-0.25, -0.2) is 0 Å². The maximum absolute atomic E-state index is 12.4. The molecular formula is C15H21N3O2S. The number of rotatable bonds is 5. The van der Waals surface area contributed by atoms with Gasteiger partial charge >= 0.3 is 0 Å². The van der Waals surface area contributed by atoms with Crippen molar-refractivity contribution in [2.75, 3.05) is 25.6 Å². The first kappa shape index (κ1) is 15.9. The normalized spacial score (nSPS) is 19.5. The average Bonchev–Trinajstić information content (AvgIpc) is 3.00. The van der Waals surface area contributed by atoms with E-state index in [-0.39, 0.29) is 23.0 Å². The fourth-order valence-electron chi connectivity index (χ4n) is 2.39. The molecule has 114 valence electrons. The number of hydrogen-bond donors (Lipinski definition) is 2. The minimum absolute atomic E-state index is 0.0758. The standard InChI is InChI=1S/C15H21N3O2S/c1-10(18(2)11-7-8-20-9-11)15(19)17-13-6-4-3-5-12(13)14(16)21/h3-6,10-11H,7-9H2,1-2H3,(H2,16,21)(H,17,19). The first-order chi connectivity index (χ1) is 10.0. The van der Waals surface area contributed by atoms with Crippen LogP contribution in [0.3, 0.4) is 0 Å². The van der Waals surface area contributed by atoms with Crippen LogP contribution in [0.2, 0.25) is 0 Å². The topological polar surface area (TPSA) is 67.6 Å². The summed E-state index contributed by atoms with van der Waals surface area (Å²) in [4.78, 5) is 14.7. The molecule has 1 amide bonds. The van der Waals surface area contributed by atoms with Gasteiger partial charge in [0.25, 0.3) is 0 Å². The molecule has 1 fully saturated rings. The molecule has 0 bridgehead atoms. The molecule has 6 heteroatoms. The number of nitrogens with zero attached hydrogens (tertiary/aromatic N) is 1. The third kappa shape index (κ3) is 3.78. The Kier molecular flexibility index (Phi) is 5.27. The van der Waals surface area contributed by atoms with Crippen LogP contribution in [0.5, 0.6) is 0 Å². The second-order valence-corrected chi connectivity index (χ2v) is 5.70. The number of thiocarbonyl (C=S) groups is 1. The number of carbonyl (C=O) groups excluding carboxylic acids is 1. The molecule has 0 saturated carbocycles. The molecule has 0 aromatic heterocycles. The number of amides is 1. The van der Waals surface area contributed by atoms with Gasteiger partial charge in [0, 0.05) is 18.2 Å². The van der Waals surface area contributed by atoms with E-state index in [1.165, 1.54) is 0 Å². The van der Waals surface area contributed by atoms with Gasteiger partial charge in [-0.1, -0.05) is 24.4 Å².